The standard InChI is InChI=1S/C30H26N2O4S2/c1-4-36-29(34)25-26(20-9-6-5-7-10-20)31-30-32(27(25)21-11-8-12-22(18-21)35-2)28(33)24(38-30)17-19-13-15-23(37-3)16-14-19/h5-18,27H,4H2,1-3H3/b24-17-/t27-/m1/s1. The van der Waals surface area contributed by atoms with Crippen LogP contribution >= 0.6 is 23.1 Å². The second-order valence-electron chi connectivity index (χ2n) is 8.48. The molecule has 8 heteroatoms. The van der Waals surface area contributed by atoms with E-state index in [0.717, 1.165) is 21.6 Å². The fourth-order valence-electron chi connectivity index (χ4n) is 4.42. The van der Waals surface area contributed by atoms with Crippen molar-refractivity contribution in [2.75, 3.05) is 20.0 Å². The van der Waals surface area contributed by atoms with E-state index in [1.54, 1.807) is 30.4 Å². The zero-order valence-corrected chi connectivity index (χ0v) is 22.8. The van der Waals surface area contributed by atoms with Crippen LogP contribution in [0.2, 0.25) is 0 Å². The van der Waals surface area contributed by atoms with E-state index >= 15 is 0 Å². The summed E-state index contributed by atoms with van der Waals surface area (Å²) in [5.41, 5.74) is 3.01. The molecule has 0 aliphatic carbocycles. The Morgan fingerprint density at radius 1 is 1.08 bits per heavy atom. The molecule has 0 bridgehead atoms. The van der Waals surface area contributed by atoms with Gasteiger partial charge in [0, 0.05) is 10.5 Å². The Hall–Kier alpha value is -3.88. The molecule has 0 radical (unpaired) electrons. The van der Waals surface area contributed by atoms with Crippen molar-refractivity contribution in [1.29, 1.82) is 0 Å². The van der Waals surface area contributed by atoms with E-state index in [9.17, 15) is 9.59 Å². The maximum Gasteiger partial charge on any atom is 0.338 e. The fraction of sp³-hybridized carbons (Fsp3) is 0.167. The number of esters is 1. The van der Waals surface area contributed by atoms with Crippen LogP contribution in [-0.2, 0) is 9.53 Å². The molecule has 3 aromatic carbocycles. The van der Waals surface area contributed by atoms with E-state index < -0.39 is 12.0 Å². The van der Waals surface area contributed by atoms with E-state index in [2.05, 4.69) is 0 Å². The van der Waals surface area contributed by atoms with Gasteiger partial charge in [0.15, 0.2) is 4.80 Å². The monoisotopic (exact) mass is 542 g/mol. The van der Waals surface area contributed by atoms with E-state index in [1.165, 1.54) is 11.3 Å². The van der Waals surface area contributed by atoms with Gasteiger partial charge >= 0.3 is 5.97 Å². The van der Waals surface area contributed by atoms with E-state index in [1.807, 2.05) is 91.2 Å². The minimum atomic E-state index is -0.739. The highest BCUT2D eigenvalue weighted by Gasteiger charge is 2.35. The van der Waals surface area contributed by atoms with Crippen LogP contribution in [0.4, 0.5) is 0 Å². The van der Waals surface area contributed by atoms with Crippen LogP contribution in [0.1, 0.15) is 29.7 Å². The van der Waals surface area contributed by atoms with E-state index in [0.29, 0.717) is 26.4 Å². The first-order chi connectivity index (χ1) is 18.5. The Labute approximate surface area is 228 Å². The molecular formula is C30H26N2O4S2. The zero-order chi connectivity index (χ0) is 26.6. The lowest BCUT2D eigenvalue weighted by Gasteiger charge is -2.26. The number of benzene rings is 3. The van der Waals surface area contributed by atoms with Crippen molar-refractivity contribution < 1.29 is 14.3 Å². The van der Waals surface area contributed by atoms with Crippen molar-refractivity contribution in [3.05, 3.63) is 121 Å². The number of nitrogens with zero attached hydrogens (tertiary/aromatic N) is 2. The van der Waals surface area contributed by atoms with Gasteiger partial charge in [0.1, 0.15) is 5.75 Å². The van der Waals surface area contributed by atoms with Gasteiger partial charge in [0.25, 0.3) is 5.56 Å². The average molecular weight is 543 g/mol. The summed E-state index contributed by atoms with van der Waals surface area (Å²) in [4.78, 5) is 34.0. The van der Waals surface area contributed by atoms with Gasteiger partial charge in [-0.2, -0.15) is 0 Å². The van der Waals surface area contributed by atoms with Crippen molar-refractivity contribution in [1.82, 2.24) is 4.57 Å². The van der Waals surface area contributed by atoms with Crippen LogP contribution in [0, 0.1) is 0 Å². The maximum absolute atomic E-state index is 13.9. The summed E-state index contributed by atoms with van der Waals surface area (Å²) in [5, 5.41) is 0. The number of carbonyl (C=O) groups is 1. The predicted octanol–water partition coefficient (Wildman–Crippen LogP) is 4.67. The summed E-state index contributed by atoms with van der Waals surface area (Å²) in [6.07, 6.45) is 3.89. The Morgan fingerprint density at radius 3 is 2.53 bits per heavy atom. The summed E-state index contributed by atoms with van der Waals surface area (Å²) >= 11 is 2.97. The van der Waals surface area contributed by atoms with Gasteiger partial charge in [0.2, 0.25) is 0 Å². The first-order valence-corrected chi connectivity index (χ1v) is 14.1. The number of ether oxygens (including phenoxy) is 2. The van der Waals surface area contributed by atoms with Crippen LogP contribution in [0.3, 0.4) is 0 Å². The third kappa shape index (κ3) is 4.97. The number of rotatable bonds is 7. The van der Waals surface area contributed by atoms with Crippen molar-refractivity contribution >= 4 is 40.8 Å². The number of fused-ring (bicyclic) bond motifs is 1. The van der Waals surface area contributed by atoms with Crippen molar-refractivity contribution in [2.24, 2.45) is 4.99 Å². The number of thiazole rings is 1. The zero-order valence-electron chi connectivity index (χ0n) is 21.2. The number of thioether (sulfide) groups is 1. The SMILES string of the molecule is CCOC(=O)C1=C(c2ccccc2)N=c2s/c(=C\c3ccc(SC)cc3)c(=O)n2[C@@H]1c1cccc(OC)c1. The molecule has 0 saturated heterocycles. The molecule has 4 aromatic rings. The normalized spacial score (nSPS) is 15.1. The molecule has 0 unspecified atom stereocenters. The highest BCUT2D eigenvalue weighted by atomic mass is 32.2. The fourth-order valence-corrected chi connectivity index (χ4v) is 5.83. The smallest absolute Gasteiger partial charge is 0.338 e. The number of hydrogen-bond donors (Lipinski definition) is 0. The van der Waals surface area contributed by atoms with Crippen LogP contribution in [0.15, 0.2) is 99.1 Å². The first-order valence-electron chi connectivity index (χ1n) is 12.1. The van der Waals surface area contributed by atoms with E-state index in [4.69, 9.17) is 14.5 Å². The Bertz CT molecular complexity index is 1690. The van der Waals surface area contributed by atoms with Gasteiger partial charge in [-0.3, -0.25) is 9.36 Å². The molecule has 0 spiro atoms. The second kappa shape index (κ2) is 11.2. The predicted molar refractivity (Wildman–Crippen MR) is 152 cm³/mol. The van der Waals surface area contributed by atoms with Crippen LogP contribution < -0.4 is 19.6 Å². The molecule has 0 saturated carbocycles. The quantitative estimate of drug-likeness (QED) is 0.251. The number of hydrogen-bond acceptors (Lipinski definition) is 7. The number of aromatic nitrogens is 1. The van der Waals surface area contributed by atoms with Crippen LogP contribution in [-0.4, -0.2) is 30.5 Å². The van der Waals surface area contributed by atoms with Gasteiger partial charge in [-0.1, -0.05) is 65.9 Å². The summed E-state index contributed by atoms with van der Waals surface area (Å²) in [5.74, 6) is 0.116. The maximum atomic E-state index is 13.9. The molecule has 38 heavy (non-hydrogen) atoms. The molecular weight excluding hydrogens is 516 g/mol. The Morgan fingerprint density at radius 2 is 1.84 bits per heavy atom. The molecule has 1 atom stereocenters. The lowest BCUT2D eigenvalue weighted by Crippen LogP contribution is -2.40. The van der Waals surface area contributed by atoms with Gasteiger partial charge < -0.3 is 9.47 Å². The summed E-state index contributed by atoms with van der Waals surface area (Å²) in [7, 11) is 1.59. The number of carbonyl (C=O) groups excluding carboxylic acids is 1. The van der Waals surface area contributed by atoms with Gasteiger partial charge in [-0.05, 0) is 54.6 Å². The molecule has 192 valence electrons. The molecule has 0 N–H and O–H groups in total. The molecule has 0 amide bonds. The second-order valence-corrected chi connectivity index (χ2v) is 10.4. The summed E-state index contributed by atoms with van der Waals surface area (Å²) in [6.45, 7) is 1.96. The van der Waals surface area contributed by atoms with Gasteiger partial charge in [-0.25, -0.2) is 9.79 Å². The molecule has 0 fully saturated rings. The number of methoxy groups -OCH3 is 1. The highest BCUT2D eigenvalue weighted by molar-refractivity contribution is 7.98. The summed E-state index contributed by atoms with van der Waals surface area (Å²) < 4.78 is 13.1. The van der Waals surface area contributed by atoms with Crippen LogP contribution in [0.5, 0.6) is 5.75 Å². The largest absolute Gasteiger partial charge is 0.497 e. The van der Waals surface area contributed by atoms with Crippen molar-refractivity contribution in [2.45, 2.75) is 17.9 Å². The van der Waals surface area contributed by atoms with Crippen molar-refractivity contribution in [3.63, 3.8) is 0 Å². The lowest BCUT2D eigenvalue weighted by molar-refractivity contribution is -0.138. The summed E-state index contributed by atoms with van der Waals surface area (Å²) in [6, 6.07) is 24.2. The average Bonchev–Trinajstić information content (AvgIpc) is 3.27. The van der Waals surface area contributed by atoms with Crippen LogP contribution in [0.25, 0.3) is 11.8 Å². The molecule has 1 aliphatic heterocycles. The topological polar surface area (TPSA) is 69.9 Å². The minimum Gasteiger partial charge on any atom is -0.497 e. The van der Waals surface area contributed by atoms with Gasteiger partial charge in [-0.15, -0.1) is 11.8 Å². The first kappa shape index (κ1) is 25.8. The molecule has 5 rings (SSSR count). The molecule has 1 aliphatic rings. The lowest BCUT2D eigenvalue weighted by atomic mass is 9.93. The molecule has 2 heterocycles. The third-order valence-electron chi connectivity index (χ3n) is 6.20. The van der Waals surface area contributed by atoms with Gasteiger partial charge in [0.05, 0.1) is 35.6 Å². The third-order valence-corrected chi connectivity index (χ3v) is 7.92. The minimum absolute atomic E-state index is 0.200. The van der Waals surface area contributed by atoms with Crippen molar-refractivity contribution in [3.8, 4) is 5.75 Å². The Kier molecular flexibility index (Phi) is 7.62. The van der Waals surface area contributed by atoms with E-state index in [-0.39, 0.29) is 12.2 Å². The molecule has 6 nitrogen and oxygen atoms in total. The highest BCUT2D eigenvalue weighted by Crippen LogP contribution is 2.36. The Balaban J connectivity index is 1.81. The molecule has 1 aromatic heterocycles.